The van der Waals surface area contributed by atoms with E-state index in [1.165, 1.54) is 19.4 Å². The van der Waals surface area contributed by atoms with Gasteiger partial charge in [-0.05, 0) is 12.1 Å². The summed E-state index contributed by atoms with van der Waals surface area (Å²) in [6.45, 7) is 0.368. The van der Waals surface area contributed by atoms with Gasteiger partial charge in [0.2, 0.25) is 0 Å². The minimum Gasteiger partial charge on any atom is -0.478 e. The molecule has 1 rings (SSSR count). The lowest BCUT2D eigenvalue weighted by atomic mass is 10.2. The van der Waals surface area contributed by atoms with E-state index in [1.54, 1.807) is 6.07 Å². The number of aromatic nitrogens is 1. The van der Waals surface area contributed by atoms with E-state index in [0.29, 0.717) is 0 Å². The Kier molecular flexibility index (Phi) is 4.68. The molecule has 0 fully saturated rings. The number of pyridine rings is 1. The molecule has 0 bridgehead atoms. The number of ether oxygens (including phenoxy) is 1. The predicted octanol–water partition coefficient (Wildman–Crippen LogP) is 0.199. The monoisotopic (exact) mass is 226 g/mol. The molecular formula is C10H14N2O4. The van der Waals surface area contributed by atoms with Crippen LogP contribution in [-0.4, -0.2) is 47.5 Å². The number of carbonyl (C=O) groups is 1. The number of carboxylic acids is 1. The number of aliphatic hydroxyl groups excluding tert-OH is 1. The van der Waals surface area contributed by atoms with Crippen molar-refractivity contribution in [1.82, 2.24) is 4.98 Å². The van der Waals surface area contributed by atoms with Gasteiger partial charge < -0.3 is 20.3 Å². The van der Waals surface area contributed by atoms with Gasteiger partial charge in [-0.3, -0.25) is 0 Å². The van der Waals surface area contributed by atoms with Crippen molar-refractivity contribution < 1.29 is 19.7 Å². The molecule has 6 heteroatoms. The molecule has 1 aromatic rings. The second-order valence-electron chi connectivity index (χ2n) is 3.19. The number of aromatic carboxylic acids is 1. The summed E-state index contributed by atoms with van der Waals surface area (Å²) in [5, 5.41) is 21.0. The van der Waals surface area contributed by atoms with Crippen LogP contribution in [0.5, 0.6) is 0 Å². The van der Waals surface area contributed by atoms with Crippen molar-refractivity contribution >= 4 is 11.8 Å². The largest absolute Gasteiger partial charge is 0.478 e. The standard InChI is InChI=1S/C10H14N2O4/c1-16-6-7(13)5-12-9-8(10(14)15)3-2-4-11-9/h2-4,7,13H,5-6H2,1H3,(H,11,12)(H,14,15). The van der Waals surface area contributed by atoms with Gasteiger partial charge in [0.25, 0.3) is 0 Å². The van der Waals surface area contributed by atoms with Crippen molar-refractivity contribution in [1.29, 1.82) is 0 Å². The molecule has 0 spiro atoms. The van der Waals surface area contributed by atoms with Crippen LogP contribution in [0.3, 0.4) is 0 Å². The number of nitrogens with one attached hydrogen (secondary N) is 1. The van der Waals surface area contributed by atoms with Crippen LogP contribution in [0.1, 0.15) is 10.4 Å². The third kappa shape index (κ3) is 3.48. The van der Waals surface area contributed by atoms with E-state index >= 15 is 0 Å². The van der Waals surface area contributed by atoms with Gasteiger partial charge in [-0.2, -0.15) is 0 Å². The van der Waals surface area contributed by atoms with Crippen LogP contribution in [0.4, 0.5) is 5.82 Å². The van der Waals surface area contributed by atoms with E-state index in [9.17, 15) is 9.90 Å². The Bertz CT molecular complexity index is 356. The number of rotatable bonds is 6. The van der Waals surface area contributed by atoms with E-state index in [4.69, 9.17) is 9.84 Å². The Morgan fingerprint density at radius 1 is 1.69 bits per heavy atom. The SMILES string of the molecule is COCC(O)CNc1ncccc1C(=O)O. The highest BCUT2D eigenvalue weighted by Crippen LogP contribution is 2.10. The van der Waals surface area contributed by atoms with Gasteiger partial charge in [-0.25, -0.2) is 9.78 Å². The molecule has 0 aliphatic rings. The second-order valence-corrected chi connectivity index (χ2v) is 3.19. The summed E-state index contributed by atoms with van der Waals surface area (Å²) in [7, 11) is 1.48. The highest BCUT2D eigenvalue weighted by atomic mass is 16.5. The maximum absolute atomic E-state index is 10.8. The number of methoxy groups -OCH3 is 1. The van der Waals surface area contributed by atoms with Gasteiger partial charge in [0, 0.05) is 19.9 Å². The fraction of sp³-hybridized carbons (Fsp3) is 0.400. The van der Waals surface area contributed by atoms with Crippen molar-refractivity contribution in [2.45, 2.75) is 6.10 Å². The fourth-order valence-corrected chi connectivity index (χ4v) is 1.18. The van der Waals surface area contributed by atoms with Gasteiger partial charge in [0.15, 0.2) is 0 Å². The average Bonchev–Trinajstić information content (AvgIpc) is 2.27. The Hall–Kier alpha value is -1.66. The van der Waals surface area contributed by atoms with Crippen LogP contribution in [0, 0.1) is 0 Å². The van der Waals surface area contributed by atoms with Crippen molar-refractivity contribution in [2.24, 2.45) is 0 Å². The molecule has 0 saturated carbocycles. The zero-order valence-electron chi connectivity index (χ0n) is 8.88. The average molecular weight is 226 g/mol. The third-order valence-electron chi connectivity index (χ3n) is 1.90. The van der Waals surface area contributed by atoms with Gasteiger partial charge in [0.05, 0.1) is 12.7 Å². The first-order valence-electron chi connectivity index (χ1n) is 4.74. The summed E-state index contributed by atoms with van der Waals surface area (Å²) in [6, 6.07) is 2.99. The van der Waals surface area contributed by atoms with Crippen molar-refractivity contribution in [2.75, 3.05) is 25.6 Å². The number of nitrogens with zero attached hydrogens (tertiary/aromatic N) is 1. The van der Waals surface area contributed by atoms with Crippen LogP contribution in [0.2, 0.25) is 0 Å². The number of carboxylic acid groups (broad SMARTS) is 1. The zero-order chi connectivity index (χ0) is 12.0. The second kappa shape index (κ2) is 6.04. The lowest BCUT2D eigenvalue weighted by Crippen LogP contribution is -2.25. The molecule has 1 aromatic heterocycles. The van der Waals surface area contributed by atoms with Crippen molar-refractivity contribution in [3.63, 3.8) is 0 Å². The Balaban J connectivity index is 2.63. The first kappa shape index (κ1) is 12.4. The smallest absolute Gasteiger partial charge is 0.339 e. The fourth-order valence-electron chi connectivity index (χ4n) is 1.18. The summed E-state index contributed by atoms with van der Waals surface area (Å²) in [6.07, 6.45) is 0.783. The maximum atomic E-state index is 10.8. The molecule has 1 unspecified atom stereocenters. The molecule has 0 amide bonds. The van der Waals surface area contributed by atoms with E-state index in [-0.39, 0.29) is 24.5 Å². The van der Waals surface area contributed by atoms with E-state index in [1.807, 2.05) is 0 Å². The Morgan fingerprint density at radius 3 is 3.06 bits per heavy atom. The predicted molar refractivity (Wildman–Crippen MR) is 57.6 cm³/mol. The lowest BCUT2D eigenvalue weighted by Gasteiger charge is -2.12. The van der Waals surface area contributed by atoms with Gasteiger partial charge in [0.1, 0.15) is 11.4 Å². The normalized spacial score (nSPS) is 12.1. The highest BCUT2D eigenvalue weighted by molar-refractivity contribution is 5.92. The molecule has 3 N–H and O–H groups in total. The molecule has 1 atom stereocenters. The van der Waals surface area contributed by atoms with Crippen LogP contribution < -0.4 is 5.32 Å². The highest BCUT2D eigenvalue weighted by Gasteiger charge is 2.11. The van der Waals surface area contributed by atoms with E-state index in [0.717, 1.165) is 0 Å². The molecule has 0 saturated heterocycles. The maximum Gasteiger partial charge on any atom is 0.339 e. The van der Waals surface area contributed by atoms with Crippen LogP contribution in [-0.2, 0) is 4.74 Å². The molecule has 0 aliphatic heterocycles. The van der Waals surface area contributed by atoms with E-state index < -0.39 is 12.1 Å². The first-order chi connectivity index (χ1) is 7.65. The summed E-state index contributed by atoms with van der Waals surface area (Å²) in [5.74, 6) is -0.818. The molecule has 16 heavy (non-hydrogen) atoms. The van der Waals surface area contributed by atoms with Crippen molar-refractivity contribution in [3.8, 4) is 0 Å². The third-order valence-corrected chi connectivity index (χ3v) is 1.90. The quantitative estimate of drug-likeness (QED) is 0.641. The molecule has 0 aromatic carbocycles. The molecule has 88 valence electrons. The number of hydrogen-bond donors (Lipinski definition) is 3. The van der Waals surface area contributed by atoms with Crippen LogP contribution in [0.15, 0.2) is 18.3 Å². The van der Waals surface area contributed by atoms with Crippen molar-refractivity contribution in [3.05, 3.63) is 23.9 Å². The van der Waals surface area contributed by atoms with Crippen LogP contribution >= 0.6 is 0 Å². The lowest BCUT2D eigenvalue weighted by molar-refractivity contribution is 0.0693. The number of aliphatic hydroxyl groups is 1. The summed E-state index contributed by atoms with van der Waals surface area (Å²) >= 11 is 0. The molecule has 6 nitrogen and oxygen atoms in total. The summed E-state index contributed by atoms with van der Waals surface area (Å²) < 4.78 is 4.74. The first-order valence-corrected chi connectivity index (χ1v) is 4.74. The Morgan fingerprint density at radius 2 is 2.44 bits per heavy atom. The topological polar surface area (TPSA) is 91.7 Å². The van der Waals surface area contributed by atoms with Gasteiger partial charge >= 0.3 is 5.97 Å². The number of anilines is 1. The number of hydrogen-bond acceptors (Lipinski definition) is 5. The summed E-state index contributed by atoms with van der Waals surface area (Å²) in [4.78, 5) is 14.7. The zero-order valence-corrected chi connectivity index (χ0v) is 8.88. The molecular weight excluding hydrogens is 212 g/mol. The minimum atomic E-state index is -1.06. The van der Waals surface area contributed by atoms with Gasteiger partial charge in [-0.15, -0.1) is 0 Å². The molecule has 0 radical (unpaired) electrons. The molecule has 0 aliphatic carbocycles. The molecule has 1 heterocycles. The van der Waals surface area contributed by atoms with Crippen LogP contribution in [0.25, 0.3) is 0 Å². The van der Waals surface area contributed by atoms with E-state index in [2.05, 4.69) is 10.3 Å². The Labute approximate surface area is 92.9 Å². The summed E-state index contributed by atoms with van der Waals surface area (Å²) in [5.41, 5.74) is 0.0760. The van der Waals surface area contributed by atoms with Gasteiger partial charge in [-0.1, -0.05) is 0 Å². The minimum absolute atomic E-state index is 0.0760.